The van der Waals surface area contributed by atoms with Gasteiger partial charge in [-0.05, 0) is 23.3 Å². The number of ether oxygens (including phenoxy) is 1. The maximum Gasteiger partial charge on any atom is 0.0594 e. The van der Waals surface area contributed by atoms with Gasteiger partial charge in [-0.1, -0.05) is 48.2 Å². The summed E-state index contributed by atoms with van der Waals surface area (Å²) in [5.74, 6) is 0. The number of nitrogens with zero attached hydrogens (tertiary/aromatic N) is 1. The Hall–Kier alpha value is -1.33. The SMILES string of the molecule is NCc1ccccc1Sc1ccccc1CN1CCOCC1. The fraction of sp³-hybridized carbons (Fsp3) is 0.333. The largest absolute Gasteiger partial charge is 0.379 e. The van der Waals surface area contributed by atoms with Gasteiger partial charge in [0.2, 0.25) is 0 Å². The molecule has 0 radical (unpaired) electrons. The van der Waals surface area contributed by atoms with Crippen LogP contribution in [-0.2, 0) is 17.8 Å². The molecule has 0 saturated carbocycles. The number of rotatable bonds is 5. The molecule has 4 heteroatoms. The quantitative estimate of drug-likeness (QED) is 0.920. The first-order chi connectivity index (χ1) is 10.9. The predicted molar refractivity (Wildman–Crippen MR) is 91.0 cm³/mol. The molecule has 22 heavy (non-hydrogen) atoms. The Morgan fingerprint density at radius 2 is 1.50 bits per heavy atom. The summed E-state index contributed by atoms with van der Waals surface area (Å²) < 4.78 is 5.43. The number of nitrogens with two attached hydrogens (primary N) is 1. The maximum atomic E-state index is 5.86. The maximum absolute atomic E-state index is 5.86. The van der Waals surface area contributed by atoms with Crippen LogP contribution in [0.2, 0.25) is 0 Å². The second kappa shape index (κ2) is 7.79. The van der Waals surface area contributed by atoms with Crippen molar-refractivity contribution in [3.63, 3.8) is 0 Å². The van der Waals surface area contributed by atoms with Crippen LogP contribution < -0.4 is 5.73 Å². The van der Waals surface area contributed by atoms with Gasteiger partial charge in [-0.15, -0.1) is 0 Å². The van der Waals surface area contributed by atoms with E-state index in [4.69, 9.17) is 10.5 Å². The van der Waals surface area contributed by atoms with E-state index in [9.17, 15) is 0 Å². The van der Waals surface area contributed by atoms with E-state index in [0.717, 1.165) is 32.8 Å². The van der Waals surface area contributed by atoms with E-state index in [-0.39, 0.29) is 0 Å². The van der Waals surface area contributed by atoms with Crippen molar-refractivity contribution in [1.82, 2.24) is 4.90 Å². The highest BCUT2D eigenvalue weighted by Crippen LogP contribution is 2.33. The lowest BCUT2D eigenvalue weighted by Gasteiger charge is -2.27. The summed E-state index contributed by atoms with van der Waals surface area (Å²) in [7, 11) is 0. The Bertz CT molecular complexity index is 612. The molecule has 1 heterocycles. The zero-order chi connectivity index (χ0) is 15.2. The molecule has 0 unspecified atom stereocenters. The molecule has 1 aliphatic rings. The first-order valence-electron chi connectivity index (χ1n) is 7.70. The van der Waals surface area contributed by atoms with E-state index in [2.05, 4.69) is 47.4 Å². The van der Waals surface area contributed by atoms with E-state index in [0.29, 0.717) is 6.54 Å². The molecule has 1 fully saturated rings. The van der Waals surface area contributed by atoms with Gasteiger partial charge in [0.05, 0.1) is 13.2 Å². The highest BCUT2D eigenvalue weighted by molar-refractivity contribution is 7.99. The fourth-order valence-electron chi connectivity index (χ4n) is 2.62. The third-order valence-corrected chi connectivity index (χ3v) is 5.12. The molecule has 0 aliphatic carbocycles. The number of hydrogen-bond acceptors (Lipinski definition) is 4. The normalized spacial score (nSPS) is 15.9. The topological polar surface area (TPSA) is 38.5 Å². The lowest BCUT2D eigenvalue weighted by Crippen LogP contribution is -2.35. The third kappa shape index (κ3) is 3.90. The van der Waals surface area contributed by atoms with Crippen LogP contribution in [0.4, 0.5) is 0 Å². The molecule has 1 aliphatic heterocycles. The van der Waals surface area contributed by atoms with Gasteiger partial charge < -0.3 is 10.5 Å². The molecule has 0 aromatic heterocycles. The van der Waals surface area contributed by atoms with Gasteiger partial charge in [-0.25, -0.2) is 0 Å². The van der Waals surface area contributed by atoms with Crippen molar-refractivity contribution >= 4 is 11.8 Å². The van der Waals surface area contributed by atoms with Crippen molar-refractivity contribution < 1.29 is 4.74 Å². The van der Waals surface area contributed by atoms with E-state index in [1.54, 1.807) is 0 Å². The molecule has 0 spiro atoms. The Balaban J connectivity index is 1.78. The monoisotopic (exact) mass is 314 g/mol. The molecule has 0 atom stereocenters. The lowest BCUT2D eigenvalue weighted by atomic mass is 10.2. The van der Waals surface area contributed by atoms with Gasteiger partial charge in [-0.3, -0.25) is 4.90 Å². The summed E-state index contributed by atoms with van der Waals surface area (Å²) in [5, 5.41) is 0. The molecule has 1 saturated heterocycles. The summed E-state index contributed by atoms with van der Waals surface area (Å²) >= 11 is 1.82. The first kappa shape index (κ1) is 15.6. The molecule has 116 valence electrons. The van der Waals surface area contributed by atoms with Gasteiger partial charge >= 0.3 is 0 Å². The summed E-state index contributed by atoms with van der Waals surface area (Å²) in [5.41, 5.74) is 8.43. The zero-order valence-electron chi connectivity index (χ0n) is 12.7. The van der Waals surface area contributed by atoms with Crippen LogP contribution in [0.25, 0.3) is 0 Å². The minimum Gasteiger partial charge on any atom is -0.379 e. The summed E-state index contributed by atoms with van der Waals surface area (Å²) in [6, 6.07) is 17.0. The van der Waals surface area contributed by atoms with Gasteiger partial charge in [0, 0.05) is 36.0 Å². The number of morpholine rings is 1. The fourth-order valence-corrected chi connectivity index (χ4v) is 3.70. The molecule has 2 aromatic rings. The minimum atomic E-state index is 0.578. The Morgan fingerprint density at radius 3 is 2.18 bits per heavy atom. The number of benzene rings is 2. The van der Waals surface area contributed by atoms with Gasteiger partial charge in [0.25, 0.3) is 0 Å². The summed E-state index contributed by atoms with van der Waals surface area (Å²) in [6.07, 6.45) is 0. The highest BCUT2D eigenvalue weighted by atomic mass is 32.2. The molecule has 3 nitrogen and oxygen atoms in total. The van der Waals surface area contributed by atoms with Gasteiger partial charge in [-0.2, -0.15) is 0 Å². The van der Waals surface area contributed by atoms with Crippen LogP contribution >= 0.6 is 11.8 Å². The Kier molecular flexibility index (Phi) is 5.51. The van der Waals surface area contributed by atoms with Crippen LogP contribution in [0.5, 0.6) is 0 Å². The zero-order valence-corrected chi connectivity index (χ0v) is 13.5. The summed E-state index contributed by atoms with van der Waals surface area (Å²) in [4.78, 5) is 5.02. The van der Waals surface area contributed by atoms with Crippen LogP contribution in [0, 0.1) is 0 Å². The third-order valence-electron chi connectivity index (χ3n) is 3.88. The Morgan fingerprint density at radius 1 is 0.909 bits per heavy atom. The van der Waals surface area contributed by atoms with Crippen LogP contribution in [0.3, 0.4) is 0 Å². The molecular weight excluding hydrogens is 292 g/mol. The van der Waals surface area contributed by atoms with Crippen molar-refractivity contribution in [2.24, 2.45) is 5.73 Å². The average molecular weight is 314 g/mol. The Labute approximate surface area is 136 Å². The van der Waals surface area contributed by atoms with Crippen LogP contribution in [0.1, 0.15) is 11.1 Å². The van der Waals surface area contributed by atoms with E-state index >= 15 is 0 Å². The first-order valence-corrected chi connectivity index (χ1v) is 8.52. The van der Waals surface area contributed by atoms with Crippen molar-refractivity contribution in [2.75, 3.05) is 26.3 Å². The van der Waals surface area contributed by atoms with Gasteiger partial charge in [0.1, 0.15) is 0 Å². The van der Waals surface area contributed by atoms with E-state index in [1.807, 2.05) is 17.8 Å². The van der Waals surface area contributed by atoms with Crippen molar-refractivity contribution in [3.8, 4) is 0 Å². The number of hydrogen-bond donors (Lipinski definition) is 1. The second-order valence-electron chi connectivity index (χ2n) is 5.41. The molecule has 0 amide bonds. The lowest BCUT2D eigenvalue weighted by molar-refractivity contribution is 0.0338. The van der Waals surface area contributed by atoms with Crippen molar-refractivity contribution in [2.45, 2.75) is 22.9 Å². The molecule has 0 bridgehead atoms. The van der Waals surface area contributed by atoms with E-state index < -0.39 is 0 Å². The van der Waals surface area contributed by atoms with Crippen molar-refractivity contribution in [3.05, 3.63) is 59.7 Å². The standard InChI is InChI=1S/C18H22N2OS/c19-13-15-5-1-3-7-17(15)22-18-8-4-2-6-16(18)14-20-9-11-21-12-10-20/h1-8H,9-14,19H2. The molecule has 2 aromatic carbocycles. The average Bonchev–Trinajstić information content (AvgIpc) is 2.58. The second-order valence-corrected chi connectivity index (χ2v) is 6.49. The van der Waals surface area contributed by atoms with Crippen LogP contribution in [0.15, 0.2) is 58.3 Å². The molecule has 3 rings (SSSR count). The minimum absolute atomic E-state index is 0.578. The van der Waals surface area contributed by atoms with Crippen molar-refractivity contribution in [1.29, 1.82) is 0 Å². The molecular formula is C18H22N2OS. The summed E-state index contributed by atoms with van der Waals surface area (Å²) in [6.45, 7) is 5.26. The van der Waals surface area contributed by atoms with Gasteiger partial charge in [0.15, 0.2) is 0 Å². The molecule has 2 N–H and O–H groups in total. The predicted octanol–water partition coefficient (Wildman–Crippen LogP) is 3.13. The van der Waals surface area contributed by atoms with Crippen LogP contribution in [-0.4, -0.2) is 31.2 Å². The smallest absolute Gasteiger partial charge is 0.0594 e. The highest BCUT2D eigenvalue weighted by Gasteiger charge is 2.13. The van der Waals surface area contributed by atoms with E-state index in [1.165, 1.54) is 20.9 Å².